The van der Waals surface area contributed by atoms with Crippen LogP contribution in [0.5, 0.6) is 0 Å². The molecule has 29 heavy (non-hydrogen) atoms. The fourth-order valence-corrected chi connectivity index (χ4v) is 3.39. The second kappa shape index (κ2) is 7.97. The van der Waals surface area contributed by atoms with Crippen molar-refractivity contribution in [2.45, 2.75) is 27.3 Å². The van der Waals surface area contributed by atoms with Crippen LogP contribution in [0.25, 0.3) is 11.4 Å². The van der Waals surface area contributed by atoms with Gasteiger partial charge in [-0.2, -0.15) is 20.0 Å². The number of H-pyrrole nitrogens is 1. The molecule has 0 spiro atoms. The molecule has 4 rings (SSSR count). The Bertz CT molecular complexity index is 1210. The summed E-state index contributed by atoms with van der Waals surface area (Å²) in [5.74, 6) is 0.679. The summed E-state index contributed by atoms with van der Waals surface area (Å²) in [7, 11) is 0. The third-order valence-corrected chi connectivity index (χ3v) is 5.14. The maximum absolute atomic E-state index is 5.38. The van der Waals surface area contributed by atoms with E-state index in [1.54, 1.807) is 4.68 Å². The highest BCUT2D eigenvalue weighted by atomic mass is 32.1. The maximum Gasteiger partial charge on any atom is 0.216 e. The summed E-state index contributed by atoms with van der Waals surface area (Å²) in [6.07, 6.45) is 1.81. The van der Waals surface area contributed by atoms with Crippen molar-refractivity contribution in [2.75, 3.05) is 0 Å². The zero-order chi connectivity index (χ0) is 20.4. The Morgan fingerprint density at radius 2 is 1.76 bits per heavy atom. The highest BCUT2D eigenvalue weighted by Gasteiger charge is 2.12. The summed E-state index contributed by atoms with van der Waals surface area (Å²) in [6, 6.07) is 18.4. The normalized spacial score (nSPS) is 11.4. The largest absolute Gasteiger partial charge is 0.265 e. The Kier molecular flexibility index (Phi) is 5.22. The van der Waals surface area contributed by atoms with Crippen molar-refractivity contribution in [3.63, 3.8) is 0 Å². The lowest BCUT2D eigenvalue weighted by atomic mass is 10.1. The van der Waals surface area contributed by atoms with E-state index in [0.717, 1.165) is 29.1 Å². The van der Waals surface area contributed by atoms with Crippen molar-refractivity contribution < 1.29 is 0 Å². The van der Waals surface area contributed by atoms with Crippen molar-refractivity contribution in [1.82, 2.24) is 24.7 Å². The molecule has 2 aromatic carbocycles. The molecule has 0 atom stereocenters. The van der Waals surface area contributed by atoms with Gasteiger partial charge in [0.05, 0.1) is 18.5 Å². The van der Waals surface area contributed by atoms with Crippen LogP contribution in [0.4, 0.5) is 0 Å². The van der Waals surface area contributed by atoms with Crippen molar-refractivity contribution in [3.05, 3.63) is 87.4 Å². The summed E-state index contributed by atoms with van der Waals surface area (Å²) in [4.78, 5) is 0. The first kappa shape index (κ1) is 19.0. The Morgan fingerprint density at radius 1 is 1.03 bits per heavy atom. The molecule has 0 aliphatic carbocycles. The second-order valence-corrected chi connectivity index (χ2v) is 7.39. The SMILES string of the molecule is Cc1ccc(-c2n[nH]c(=S)n2N=Cc2c(C)nn(Cc3ccccc3)c2C)cc1. The van der Waals surface area contributed by atoms with Crippen LogP contribution in [-0.2, 0) is 6.54 Å². The summed E-state index contributed by atoms with van der Waals surface area (Å²) >= 11 is 5.38. The molecule has 6 nitrogen and oxygen atoms in total. The number of hydrogen-bond acceptors (Lipinski definition) is 4. The Labute approximate surface area is 174 Å². The van der Waals surface area contributed by atoms with Crippen molar-refractivity contribution in [2.24, 2.45) is 5.10 Å². The van der Waals surface area contributed by atoms with Gasteiger partial charge in [-0.25, -0.2) is 5.10 Å². The lowest BCUT2D eigenvalue weighted by Gasteiger charge is -2.04. The summed E-state index contributed by atoms with van der Waals surface area (Å²) in [5, 5.41) is 16.5. The van der Waals surface area contributed by atoms with Crippen LogP contribution in [0.1, 0.15) is 28.1 Å². The Morgan fingerprint density at radius 3 is 2.48 bits per heavy atom. The van der Waals surface area contributed by atoms with Crippen LogP contribution < -0.4 is 0 Å². The standard InChI is InChI=1S/C22H22N6S/c1-15-9-11-19(12-10-15)21-24-25-22(29)28(21)23-13-20-16(2)26-27(17(20)3)14-18-7-5-4-6-8-18/h4-13H,14H2,1-3H3,(H,25,29). The minimum absolute atomic E-state index is 0.448. The van der Waals surface area contributed by atoms with E-state index in [9.17, 15) is 0 Å². The summed E-state index contributed by atoms with van der Waals surface area (Å²) in [5.41, 5.74) is 6.32. The number of rotatable bonds is 5. The number of aromatic nitrogens is 5. The number of nitrogens with one attached hydrogen (secondary N) is 1. The van der Waals surface area contributed by atoms with Gasteiger partial charge in [-0.1, -0.05) is 60.2 Å². The van der Waals surface area contributed by atoms with E-state index < -0.39 is 0 Å². The number of aromatic amines is 1. The molecule has 0 unspecified atom stereocenters. The number of nitrogens with zero attached hydrogens (tertiary/aromatic N) is 5. The van der Waals surface area contributed by atoms with Crippen LogP contribution >= 0.6 is 12.2 Å². The van der Waals surface area contributed by atoms with E-state index in [4.69, 9.17) is 12.2 Å². The monoisotopic (exact) mass is 402 g/mol. The molecule has 7 heteroatoms. The molecule has 0 aliphatic rings. The molecule has 146 valence electrons. The smallest absolute Gasteiger partial charge is 0.216 e. The first-order chi connectivity index (χ1) is 14.0. The second-order valence-electron chi connectivity index (χ2n) is 7.00. The van der Waals surface area contributed by atoms with Crippen molar-refractivity contribution in [1.29, 1.82) is 0 Å². The third kappa shape index (κ3) is 3.95. The molecule has 0 radical (unpaired) electrons. The van der Waals surface area contributed by atoms with Crippen molar-refractivity contribution in [3.8, 4) is 11.4 Å². The van der Waals surface area contributed by atoms with Gasteiger partial charge < -0.3 is 0 Å². The lowest BCUT2D eigenvalue weighted by Crippen LogP contribution is -2.04. The minimum atomic E-state index is 0.448. The average Bonchev–Trinajstić information content (AvgIpc) is 3.21. The lowest BCUT2D eigenvalue weighted by molar-refractivity contribution is 0.659. The van der Waals surface area contributed by atoms with E-state index in [0.29, 0.717) is 10.6 Å². The number of hydrogen-bond donors (Lipinski definition) is 1. The summed E-state index contributed by atoms with van der Waals surface area (Å²) in [6.45, 7) is 6.82. The zero-order valence-corrected chi connectivity index (χ0v) is 17.4. The first-order valence-corrected chi connectivity index (χ1v) is 9.80. The van der Waals surface area contributed by atoms with Gasteiger partial charge in [0.15, 0.2) is 5.82 Å². The quantitative estimate of drug-likeness (QED) is 0.390. The van der Waals surface area contributed by atoms with Crippen LogP contribution in [-0.4, -0.2) is 30.9 Å². The van der Waals surface area contributed by atoms with E-state index in [-0.39, 0.29) is 0 Å². The van der Waals surface area contributed by atoms with Gasteiger partial charge in [-0.05, 0) is 38.6 Å². The summed E-state index contributed by atoms with van der Waals surface area (Å²) < 4.78 is 4.10. The van der Waals surface area contributed by atoms with E-state index in [1.807, 2.05) is 60.3 Å². The predicted octanol–water partition coefficient (Wildman–Crippen LogP) is 4.66. The van der Waals surface area contributed by atoms with E-state index >= 15 is 0 Å². The van der Waals surface area contributed by atoms with Gasteiger partial charge in [-0.15, -0.1) is 0 Å². The van der Waals surface area contributed by atoms with Crippen LogP contribution in [0.15, 0.2) is 59.7 Å². The number of benzene rings is 2. The van der Waals surface area contributed by atoms with Gasteiger partial charge in [0.1, 0.15) is 0 Å². The molecule has 2 aromatic heterocycles. The van der Waals surface area contributed by atoms with Gasteiger partial charge in [0.25, 0.3) is 0 Å². The zero-order valence-electron chi connectivity index (χ0n) is 16.6. The van der Waals surface area contributed by atoms with Gasteiger partial charge in [0.2, 0.25) is 4.77 Å². The molecule has 0 aliphatic heterocycles. The molecule has 4 aromatic rings. The van der Waals surface area contributed by atoms with E-state index in [2.05, 4.69) is 46.4 Å². The molecule has 1 N–H and O–H groups in total. The van der Waals surface area contributed by atoms with Gasteiger partial charge in [0, 0.05) is 16.8 Å². The van der Waals surface area contributed by atoms with Gasteiger partial charge >= 0.3 is 0 Å². The predicted molar refractivity (Wildman–Crippen MR) is 118 cm³/mol. The molecule has 0 bridgehead atoms. The average molecular weight is 403 g/mol. The highest BCUT2D eigenvalue weighted by Crippen LogP contribution is 2.18. The fourth-order valence-electron chi connectivity index (χ4n) is 3.21. The van der Waals surface area contributed by atoms with Crippen LogP contribution in [0.3, 0.4) is 0 Å². The fraction of sp³-hybridized carbons (Fsp3) is 0.182. The topological polar surface area (TPSA) is 63.8 Å². The van der Waals surface area contributed by atoms with Crippen LogP contribution in [0, 0.1) is 25.5 Å². The molecule has 0 amide bonds. The molecule has 2 heterocycles. The van der Waals surface area contributed by atoms with Gasteiger partial charge in [-0.3, -0.25) is 4.68 Å². The minimum Gasteiger partial charge on any atom is -0.265 e. The third-order valence-electron chi connectivity index (χ3n) is 4.88. The molecule has 0 saturated carbocycles. The first-order valence-electron chi connectivity index (χ1n) is 9.39. The maximum atomic E-state index is 5.38. The molecular formula is C22H22N6S. The Hall–Kier alpha value is -3.32. The molecule has 0 saturated heterocycles. The van der Waals surface area contributed by atoms with Crippen molar-refractivity contribution >= 4 is 18.4 Å². The Balaban J connectivity index is 1.66. The molecular weight excluding hydrogens is 380 g/mol. The number of aryl methyl sites for hydroxylation is 2. The highest BCUT2D eigenvalue weighted by molar-refractivity contribution is 7.71. The van der Waals surface area contributed by atoms with E-state index in [1.165, 1.54) is 11.1 Å². The van der Waals surface area contributed by atoms with Crippen LogP contribution in [0.2, 0.25) is 0 Å². The molecule has 0 fully saturated rings.